The summed E-state index contributed by atoms with van der Waals surface area (Å²) in [5.74, 6) is 1.60. The van der Waals surface area contributed by atoms with Crippen molar-refractivity contribution < 1.29 is 0 Å². The van der Waals surface area contributed by atoms with Gasteiger partial charge in [-0.05, 0) is 56.0 Å². The molecule has 0 saturated carbocycles. The number of hydrogen-bond acceptors (Lipinski definition) is 4. The highest BCUT2D eigenvalue weighted by Crippen LogP contribution is 2.34. The van der Waals surface area contributed by atoms with Crippen LogP contribution in [0.3, 0.4) is 0 Å². The average molecular weight is 330 g/mol. The number of para-hydroxylation sites is 1. The van der Waals surface area contributed by atoms with E-state index in [2.05, 4.69) is 77.6 Å². The lowest BCUT2D eigenvalue weighted by Crippen LogP contribution is -2.16. The summed E-state index contributed by atoms with van der Waals surface area (Å²) < 4.78 is 0. The molecule has 0 bridgehead atoms. The van der Waals surface area contributed by atoms with Crippen LogP contribution in [-0.2, 0) is 6.42 Å². The Bertz CT molecular complexity index is 933. The summed E-state index contributed by atoms with van der Waals surface area (Å²) in [6, 6.07) is 16.8. The van der Waals surface area contributed by atoms with Crippen LogP contribution in [0, 0.1) is 20.8 Å². The molecule has 1 aliphatic rings. The Morgan fingerprint density at radius 3 is 2.68 bits per heavy atom. The van der Waals surface area contributed by atoms with Gasteiger partial charge in [0.05, 0.1) is 0 Å². The van der Waals surface area contributed by atoms with E-state index in [1.807, 2.05) is 6.92 Å². The van der Waals surface area contributed by atoms with Crippen molar-refractivity contribution in [1.82, 2.24) is 9.97 Å². The van der Waals surface area contributed by atoms with Gasteiger partial charge in [0.2, 0.25) is 5.95 Å². The Balaban J connectivity index is 1.69. The number of anilines is 4. The summed E-state index contributed by atoms with van der Waals surface area (Å²) in [6.07, 6.45) is 1.05. The monoisotopic (exact) mass is 330 g/mol. The zero-order valence-corrected chi connectivity index (χ0v) is 14.9. The molecule has 0 aliphatic carbocycles. The first kappa shape index (κ1) is 15.6. The molecule has 4 nitrogen and oxygen atoms in total. The van der Waals surface area contributed by atoms with E-state index in [1.165, 1.54) is 22.4 Å². The van der Waals surface area contributed by atoms with E-state index in [0.717, 1.165) is 30.2 Å². The third-order valence-corrected chi connectivity index (χ3v) is 4.86. The van der Waals surface area contributed by atoms with Crippen molar-refractivity contribution >= 4 is 23.1 Å². The van der Waals surface area contributed by atoms with Crippen LogP contribution >= 0.6 is 0 Å². The predicted molar refractivity (Wildman–Crippen MR) is 103 cm³/mol. The van der Waals surface area contributed by atoms with Crippen LogP contribution in [0.25, 0.3) is 0 Å². The molecular formula is C21H22N4. The standard InChI is InChI=1S/C21H22N4/c1-14-7-6-9-18(16(14)3)23-21-22-15(2)13-20(24-21)25-12-11-17-8-4-5-10-19(17)25/h4-10,13H,11-12H2,1-3H3,(H,22,23,24). The minimum absolute atomic E-state index is 0.646. The van der Waals surface area contributed by atoms with E-state index in [4.69, 9.17) is 4.98 Å². The fourth-order valence-corrected chi connectivity index (χ4v) is 3.33. The van der Waals surface area contributed by atoms with Crippen LogP contribution in [0.5, 0.6) is 0 Å². The molecule has 1 aromatic heterocycles. The van der Waals surface area contributed by atoms with E-state index < -0.39 is 0 Å². The van der Waals surface area contributed by atoms with Gasteiger partial charge in [-0.25, -0.2) is 4.98 Å². The third kappa shape index (κ3) is 2.95. The fourth-order valence-electron chi connectivity index (χ4n) is 3.33. The maximum absolute atomic E-state index is 4.78. The molecule has 0 amide bonds. The van der Waals surface area contributed by atoms with Crippen molar-refractivity contribution in [2.75, 3.05) is 16.8 Å². The second kappa shape index (κ2) is 6.20. The molecule has 0 radical (unpaired) electrons. The molecule has 0 fully saturated rings. The lowest BCUT2D eigenvalue weighted by Gasteiger charge is -2.20. The van der Waals surface area contributed by atoms with E-state index >= 15 is 0 Å². The van der Waals surface area contributed by atoms with E-state index in [-0.39, 0.29) is 0 Å². The van der Waals surface area contributed by atoms with Crippen LogP contribution in [0.4, 0.5) is 23.1 Å². The lowest BCUT2D eigenvalue weighted by atomic mass is 10.1. The molecule has 3 aromatic rings. The number of nitrogens with zero attached hydrogens (tertiary/aromatic N) is 3. The summed E-state index contributed by atoms with van der Waals surface area (Å²) in [6.45, 7) is 7.20. The molecule has 0 unspecified atom stereocenters. The first-order valence-corrected chi connectivity index (χ1v) is 8.66. The first-order valence-electron chi connectivity index (χ1n) is 8.66. The summed E-state index contributed by atoms with van der Waals surface area (Å²) >= 11 is 0. The van der Waals surface area contributed by atoms with E-state index in [1.54, 1.807) is 0 Å². The van der Waals surface area contributed by atoms with Crippen LogP contribution < -0.4 is 10.2 Å². The van der Waals surface area contributed by atoms with Gasteiger partial charge in [-0.3, -0.25) is 0 Å². The Morgan fingerprint density at radius 2 is 1.80 bits per heavy atom. The smallest absolute Gasteiger partial charge is 0.229 e. The minimum Gasteiger partial charge on any atom is -0.326 e. The molecule has 4 heteroatoms. The summed E-state index contributed by atoms with van der Waals surface area (Å²) in [7, 11) is 0. The molecule has 0 atom stereocenters. The molecule has 2 aromatic carbocycles. The summed E-state index contributed by atoms with van der Waals surface area (Å²) in [5, 5.41) is 3.39. The van der Waals surface area contributed by atoms with Gasteiger partial charge in [0.25, 0.3) is 0 Å². The quantitative estimate of drug-likeness (QED) is 0.746. The molecule has 4 rings (SSSR count). The second-order valence-electron chi connectivity index (χ2n) is 6.59. The number of aromatic nitrogens is 2. The SMILES string of the molecule is Cc1cc(N2CCc3ccccc32)nc(Nc2cccc(C)c2C)n1. The normalized spacial score (nSPS) is 13.0. The lowest BCUT2D eigenvalue weighted by molar-refractivity contribution is 0.959. The second-order valence-corrected chi connectivity index (χ2v) is 6.59. The number of hydrogen-bond donors (Lipinski definition) is 1. The Hall–Kier alpha value is -2.88. The average Bonchev–Trinajstić information content (AvgIpc) is 3.03. The maximum Gasteiger partial charge on any atom is 0.229 e. The maximum atomic E-state index is 4.78. The largest absolute Gasteiger partial charge is 0.326 e. The number of benzene rings is 2. The number of rotatable bonds is 3. The number of fused-ring (bicyclic) bond motifs is 1. The van der Waals surface area contributed by atoms with Crippen molar-refractivity contribution in [2.24, 2.45) is 0 Å². The van der Waals surface area contributed by atoms with E-state index in [0.29, 0.717) is 5.95 Å². The Labute approximate surface area is 148 Å². The molecule has 2 heterocycles. The van der Waals surface area contributed by atoms with Gasteiger partial charge in [0, 0.05) is 29.7 Å². The highest BCUT2D eigenvalue weighted by molar-refractivity contribution is 5.69. The molecule has 126 valence electrons. The van der Waals surface area contributed by atoms with Gasteiger partial charge in [0.15, 0.2) is 0 Å². The van der Waals surface area contributed by atoms with Crippen LogP contribution in [-0.4, -0.2) is 16.5 Å². The highest BCUT2D eigenvalue weighted by Gasteiger charge is 2.21. The predicted octanol–water partition coefficient (Wildman–Crippen LogP) is 4.84. The number of aryl methyl sites for hydroxylation is 2. The molecule has 1 aliphatic heterocycles. The van der Waals surface area contributed by atoms with Crippen molar-refractivity contribution in [2.45, 2.75) is 27.2 Å². The van der Waals surface area contributed by atoms with Crippen LogP contribution in [0.1, 0.15) is 22.4 Å². The van der Waals surface area contributed by atoms with Crippen LogP contribution in [0.15, 0.2) is 48.5 Å². The first-order chi connectivity index (χ1) is 12.1. The molecule has 1 N–H and O–H groups in total. The summed E-state index contributed by atoms with van der Waals surface area (Å²) in [4.78, 5) is 11.6. The van der Waals surface area contributed by atoms with Gasteiger partial charge in [-0.1, -0.05) is 30.3 Å². The zero-order chi connectivity index (χ0) is 17.4. The van der Waals surface area contributed by atoms with Gasteiger partial charge >= 0.3 is 0 Å². The fraction of sp³-hybridized carbons (Fsp3) is 0.238. The zero-order valence-electron chi connectivity index (χ0n) is 14.9. The Kier molecular flexibility index (Phi) is 3.88. The van der Waals surface area contributed by atoms with E-state index in [9.17, 15) is 0 Å². The van der Waals surface area contributed by atoms with Crippen molar-refractivity contribution in [3.8, 4) is 0 Å². The van der Waals surface area contributed by atoms with Gasteiger partial charge in [-0.2, -0.15) is 4.98 Å². The van der Waals surface area contributed by atoms with Crippen LogP contribution in [0.2, 0.25) is 0 Å². The van der Waals surface area contributed by atoms with Crippen molar-refractivity contribution in [3.63, 3.8) is 0 Å². The van der Waals surface area contributed by atoms with Crippen molar-refractivity contribution in [3.05, 3.63) is 70.9 Å². The third-order valence-electron chi connectivity index (χ3n) is 4.86. The van der Waals surface area contributed by atoms with Crippen molar-refractivity contribution in [1.29, 1.82) is 0 Å². The molecule has 0 spiro atoms. The molecule has 0 saturated heterocycles. The van der Waals surface area contributed by atoms with Gasteiger partial charge in [0.1, 0.15) is 5.82 Å². The summed E-state index contributed by atoms with van der Waals surface area (Å²) in [5.41, 5.74) is 7.12. The number of nitrogens with one attached hydrogen (secondary N) is 1. The molecule has 25 heavy (non-hydrogen) atoms. The van der Waals surface area contributed by atoms with Gasteiger partial charge < -0.3 is 10.2 Å². The van der Waals surface area contributed by atoms with Gasteiger partial charge in [-0.15, -0.1) is 0 Å². The Morgan fingerprint density at radius 1 is 0.960 bits per heavy atom. The minimum atomic E-state index is 0.646. The highest BCUT2D eigenvalue weighted by atomic mass is 15.2. The topological polar surface area (TPSA) is 41.1 Å². The molecular weight excluding hydrogens is 308 g/mol.